The molecule has 5 heteroatoms. The maximum Gasteiger partial charge on any atom is 0.407 e. The van der Waals surface area contributed by atoms with E-state index in [1.807, 2.05) is 31.2 Å². The van der Waals surface area contributed by atoms with Crippen molar-refractivity contribution in [1.82, 2.24) is 5.32 Å². The first-order chi connectivity index (χ1) is 13.6. The number of ether oxygens (including phenoxy) is 1. The minimum Gasteiger partial charge on any atom is -0.467 e. The van der Waals surface area contributed by atoms with Gasteiger partial charge in [-0.05, 0) is 41.3 Å². The van der Waals surface area contributed by atoms with Gasteiger partial charge >= 0.3 is 6.09 Å². The lowest BCUT2D eigenvalue weighted by molar-refractivity contribution is 0.116. The molecular weight excluding hydrogens is 354 g/mol. The fourth-order valence-electron chi connectivity index (χ4n) is 3.83. The molecule has 2 aromatic carbocycles. The fraction of sp³-hybridized carbons (Fsp3) is 0.261. The molecule has 0 radical (unpaired) electrons. The average Bonchev–Trinajstić information content (AvgIpc) is 3.33. The highest BCUT2D eigenvalue weighted by Crippen LogP contribution is 2.44. The van der Waals surface area contributed by atoms with E-state index in [4.69, 9.17) is 9.15 Å². The maximum absolute atomic E-state index is 12.3. The Morgan fingerprint density at radius 3 is 2.32 bits per heavy atom. The summed E-state index contributed by atoms with van der Waals surface area (Å²) in [4.78, 5) is 12.3. The molecule has 0 saturated heterocycles. The van der Waals surface area contributed by atoms with E-state index in [1.54, 1.807) is 12.1 Å². The maximum atomic E-state index is 12.3. The third-order valence-electron chi connectivity index (χ3n) is 5.16. The van der Waals surface area contributed by atoms with Gasteiger partial charge in [-0.2, -0.15) is 0 Å². The van der Waals surface area contributed by atoms with Crippen LogP contribution >= 0.6 is 0 Å². The molecule has 0 fully saturated rings. The molecule has 3 aromatic rings. The molecule has 0 saturated carbocycles. The lowest BCUT2D eigenvalue weighted by Gasteiger charge is -2.18. The Labute approximate surface area is 164 Å². The molecule has 1 heterocycles. The number of carbonyl (C=O) groups excluding carboxylic acids is 1. The van der Waals surface area contributed by atoms with Crippen LogP contribution < -0.4 is 5.32 Å². The summed E-state index contributed by atoms with van der Waals surface area (Å²) < 4.78 is 10.7. The van der Waals surface area contributed by atoms with Gasteiger partial charge in [0.1, 0.15) is 18.5 Å². The Hall–Kier alpha value is -3.05. The van der Waals surface area contributed by atoms with Crippen molar-refractivity contribution in [1.29, 1.82) is 0 Å². The zero-order valence-corrected chi connectivity index (χ0v) is 15.7. The number of aliphatic hydroxyl groups is 1. The lowest BCUT2D eigenvalue weighted by atomic mass is 9.98. The van der Waals surface area contributed by atoms with E-state index >= 15 is 0 Å². The Morgan fingerprint density at radius 1 is 1.07 bits per heavy atom. The van der Waals surface area contributed by atoms with E-state index in [9.17, 15) is 9.90 Å². The van der Waals surface area contributed by atoms with Crippen molar-refractivity contribution >= 4 is 6.09 Å². The van der Waals surface area contributed by atoms with Crippen LogP contribution in [0, 0.1) is 0 Å². The first-order valence-electron chi connectivity index (χ1n) is 9.46. The summed E-state index contributed by atoms with van der Waals surface area (Å²) >= 11 is 0. The van der Waals surface area contributed by atoms with Crippen molar-refractivity contribution in [2.45, 2.75) is 31.4 Å². The molecule has 28 heavy (non-hydrogen) atoms. The lowest BCUT2D eigenvalue weighted by Crippen LogP contribution is -2.34. The van der Waals surface area contributed by atoms with Crippen molar-refractivity contribution < 1.29 is 19.1 Å². The van der Waals surface area contributed by atoms with Crippen LogP contribution in [-0.2, 0) is 4.74 Å². The Balaban J connectivity index is 1.36. The molecule has 1 aliphatic carbocycles. The monoisotopic (exact) mass is 377 g/mol. The average molecular weight is 377 g/mol. The summed E-state index contributed by atoms with van der Waals surface area (Å²) in [6.07, 6.45) is 0.611. The molecule has 1 aromatic heterocycles. The molecule has 0 bridgehead atoms. The number of fused-ring (bicyclic) bond motifs is 3. The normalized spacial score (nSPS) is 14.8. The quantitative estimate of drug-likeness (QED) is 0.657. The summed E-state index contributed by atoms with van der Waals surface area (Å²) in [5, 5.41) is 12.9. The topological polar surface area (TPSA) is 71.7 Å². The van der Waals surface area contributed by atoms with Gasteiger partial charge in [0.05, 0.1) is 6.26 Å². The zero-order valence-electron chi connectivity index (χ0n) is 15.7. The summed E-state index contributed by atoms with van der Waals surface area (Å²) in [5.41, 5.74) is 4.75. The standard InChI is InChI=1S/C23H23NO4/c1-15(13-21(25)22-11-6-12-27-22)24-23(26)28-14-20-18-9-4-2-7-16(18)17-8-3-5-10-19(17)20/h2-12,15,20-21,25H,13-14H2,1H3,(H,24,26). The predicted octanol–water partition coefficient (Wildman–Crippen LogP) is 4.63. The molecule has 4 rings (SSSR count). The first kappa shape index (κ1) is 18.3. The van der Waals surface area contributed by atoms with Crippen molar-refractivity contribution in [3.8, 4) is 11.1 Å². The van der Waals surface area contributed by atoms with Crippen molar-refractivity contribution in [3.05, 3.63) is 83.8 Å². The number of aliphatic hydroxyl groups excluding tert-OH is 1. The van der Waals surface area contributed by atoms with Crippen LogP contribution in [0.25, 0.3) is 11.1 Å². The number of hydrogen-bond donors (Lipinski definition) is 2. The van der Waals surface area contributed by atoms with Crippen molar-refractivity contribution in [2.24, 2.45) is 0 Å². The van der Waals surface area contributed by atoms with Gasteiger partial charge in [-0.15, -0.1) is 0 Å². The molecule has 2 unspecified atom stereocenters. The largest absolute Gasteiger partial charge is 0.467 e. The molecule has 1 amide bonds. The number of furan rings is 1. The van der Waals surface area contributed by atoms with E-state index in [0.29, 0.717) is 12.2 Å². The molecule has 1 aliphatic rings. The molecule has 2 atom stereocenters. The van der Waals surface area contributed by atoms with Crippen LogP contribution in [0.2, 0.25) is 0 Å². The van der Waals surface area contributed by atoms with Crippen molar-refractivity contribution in [3.63, 3.8) is 0 Å². The highest BCUT2D eigenvalue weighted by molar-refractivity contribution is 5.79. The van der Waals surface area contributed by atoms with E-state index in [2.05, 4.69) is 29.6 Å². The van der Waals surface area contributed by atoms with Gasteiger partial charge in [0.25, 0.3) is 0 Å². The second kappa shape index (κ2) is 7.90. The van der Waals surface area contributed by atoms with Crippen LogP contribution in [0.4, 0.5) is 4.79 Å². The van der Waals surface area contributed by atoms with Gasteiger partial charge in [-0.3, -0.25) is 0 Å². The van der Waals surface area contributed by atoms with Crippen LogP contribution in [0.3, 0.4) is 0 Å². The third kappa shape index (κ3) is 3.66. The number of hydrogen-bond acceptors (Lipinski definition) is 4. The van der Waals surface area contributed by atoms with Gasteiger partial charge in [0, 0.05) is 18.4 Å². The highest BCUT2D eigenvalue weighted by atomic mass is 16.5. The van der Waals surface area contributed by atoms with Gasteiger partial charge in [-0.25, -0.2) is 4.79 Å². The van der Waals surface area contributed by atoms with Gasteiger partial charge in [0.15, 0.2) is 0 Å². The van der Waals surface area contributed by atoms with Gasteiger partial charge in [0.2, 0.25) is 0 Å². The number of alkyl carbamates (subject to hydrolysis) is 1. The van der Waals surface area contributed by atoms with E-state index in [0.717, 1.165) is 0 Å². The molecule has 0 spiro atoms. The Morgan fingerprint density at radius 2 is 1.71 bits per heavy atom. The molecule has 144 valence electrons. The van der Waals surface area contributed by atoms with Gasteiger partial charge in [-0.1, -0.05) is 48.5 Å². The number of carbonyl (C=O) groups is 1. The fourth-order valence-corrected chi connectivity index (χ4v) is 3.83. The molecule has 5 nitrogen and oxygen atoms in total. The minimum atomic E-state index is -0.765. The smallest absolute Gasteiger partial charge is 0.407 e. The SMILES string of the molecule is CC(CC(O)c1ccco1)NC(=O)OCC1c2ccccc2-c2ccccc21. The number of amides is 1. The van der Waals surface area contributed by atoms with Crippen LogP contribution in [0.15, 0.2) is 71.3 Å². The summed E-state index contributed by atoms with van der Waals surface area (Å²) in [6, 6.07) is 19.6. The van der Waals surface area contributed by atoms with Crippen LogP contribution in [-0.4, -0.2) is 23.8 Å². The number of nitrogens with one attached hydrogen (secondary N) is 1. The Bertz CT molecular complexity index is 905. The number of rotatable bonds is 6. The highest BCUT2D eigenvalue weighted by Gasteiger charge is 2.29. The number of benzene rings is 2. The molecule has 2 N–H and O–H groups in total. The molecule has 0 aliphatic heterocycles. The summed E-state index contributed by atoms with van der Waals surface area (Å²) in [6.45, 7) is 2.10. The summed E-state index contributed by atoms with van der Waals surface area (Å²) in [5.74, 6) is 0.517. The second-order valence-corrected chi connectivity index (χ2v) is 7.14. The van der Waals surface area contributed by atoms with E-state index in [-0.39, 0.29) is 18.6 Å². The minimum absolute atomic E-state index is 0.0298. The van der Waals surface area contributed by atoms with Crippen LogP contribution in [0.5, 0.6) is 0 Å². The van der Waals surface area contributed by atoms with Crippen LogP contribution in [0.1, 0.15) is 42.3 Å². The first-order valence-corrected chi connectivity index (χ1v) is 9.46. The second-order valence-electron chi connectivity index (χ2n) is 7.14. The molecular formula is C23H23NO4. The third-order valence-corrected chi connectivity index (χ3v) is 5.16. The van der Waals surface area contributed by atoms with E-state index in [1.165, 1.54) is 28.5 Å². The van der Waals surface area contributed by atoms with E-state index < -0.39 is 12.2 Å². The van der Waals surface area contributed by atoms with Gasteiger partial charge < -0.3 is 19.6 Å². The zero-order chi connectivity index (χ0) is 19.5. The van der Waals surface area contributed by atoms with Crippen molar-refractivity contribution in [2.75, 3.05) is 6.61 Å². The predicted molar refractivity (Wildman–Crippen MR) is 106 cm³/mol. The Kier molecular flexibility index (Phi) is 5.17. The summed E-state index contributed by atoms with van der Waals surface area (Å²) in [7, 11) is 0.